The second kappa shape index (κ2) is 6.57. The minimum atomic E-state index is 0.335. The molecule has 2 aliphatic rings. The largest absolute Gasteiger partial charge is 0.378 e. The van der Waals surface area contributed by atoms with E-state index in [4.69, 9.17) is 9.72 Å². The van der Waals surface area contributed by atoms with E-state index in [0.717, 1.165) is 49.5 Å². The maximum absolute atomic E-state index is 5.83. The minimum Gasteiger partial charge on any atom is -0.378 e. The Morgan fingerprint density at radius 1 is 1.35 bits per heavy atom. The lowest BCUT2D eigenvalue weighted by atomic mass is 10.1. The zero-order chi connectivity index (χ0) is 15.6. The van der Waals surface area contributed by atoms with Crippen LogP contribution in [0.25, 0.3) is 11.2 Å². The van der Waals surface area contributed by atoms with Gasteiger partial charge >= 0.3 is 0 Å². The van der Waals surface area contributed by atoms with Gasteiger partial charge in [0.05, 0.1) is 6.10 Å². The number of likely N-dealkylation sites (tertiary alicyclic amines) is 1. The number of aromatic nitrogens is 3. The average Bonchev–Trinajstić information content (AvgIpc) is 3.30. The minimum absolute atomic E-state index is 0.335. The third-order valence-corrected chi connectivity index (χ3v) is 5.28. The Hall–Kier alpha value is -1.46. The van der Waals surface area contributed by atoms with Crippen molar-refractivity contribution in [1.82, 2.24) is 19.4 Å². The highest BCUT2D eigenvalue weighted by atomic mass is 16.5. The third-order valence-electron chi connectivity index (χ3n) is 5.28. The SMILES string of the molecule is CCN1CCC(Cn2c(CC3CCCO3)nc3cccnc32)C1. The number of nitrogens with zero attached hydrogens (tertiary/aromatic N) is 4. The molecule has 23 heavy (non-hydrogen) atoms. The maximum Gasteiger partial charge on any atom is 0.159 e. The molecule has 0 saturated carbocycles. The average molecular weight is 314 g/mol. The quantitative estimate of drug-likeness (QED) is 0.850. The van der Waals surface area contributed by atoms with Crippen LogP contribution in [-0.4, -0.2) is 51.8 Å². The molecule has 0 aliphatic carbocycles. The first-order valence-electron chi connectivity index (χ1n) is 8.97. The Labute approximate surface area is 137 Å². The second-order valence-corrected chi connectivity index (χ2v) is 6.87. The van der Waals surface area contributed by atoms with Gasteiger partial charge in [0.15, 0.2) is 5.65 Å². The summed E-state index contributed by atoms with van der Waals surface area (Å²) in [6, 6.07) is 4.05. The summed E-state index contributed by atoms with van der Waals surface area (Å²) in [5.74, 6) is 1.86. The van der Waals surface area contributed by atoms with Gasteiger partial charge in [-0.15, -0.1) is 0 Å². The molecule has 5 nitrogen and oxygen atoms in total. The third kappa shape index (κ3) is 3.12. The van der Waals surface area contributed by atoms with E-state index < -0.39 is 0 Å². The van der Waals surface area contributed by atoms with Crippen LogP contribution in [0.15, 0.2) is 18.3 Å². The fourth-order valence-corrected chi connectivity index (χ4v) is 3.97. The van der Waals surface area contributed by atoms with Gasteiger partial charge in [-0.3, -0.25) is 0 Å². The van der Waals surface area contributed by atoms with E-state index in [2.05, 4.69) is 27.4 Å². The second-order valence-electron chi connectivity index (χ2n) is 6.87. The number of rotatable bonds is 5. The summed E-state index contributed by atoms with van der Waals surface area (Å²) in [6.07, 6.45) is 6.74. The Morgan fingerprint density at radius 3 is 3.09 bits per heavy atom. The van der Waals surface area contributed by atoms with Crippen LogP contribution >= 0.6 is 0 Å². The van der Waals surface area contributed by atoms with Crippen LogP contribution in [0, 0.1) is 5.92 Å². The van der Waals surface area contributed by atoms with Gasteiger partial charge in [-0.05, 0) is 50.4 Å². The summed E-state index contributed by atoms with van der Waals surface area (Å²) in [5.41, 5.74) is 2.06. The first-order chi connectivity index (χ1) is 11.3. The molecule has 0 aromatic carbocycles. The first-order valence-corrected chi connectivity index (χ1v) is 8.97. The summed E-state index contributed by atoms with van der Waals surface area (Å²) in [6.45, 7) is 7.76. The molecule has 4 rings (SSSR count). The monoisotopic (exact) mass is 314 g/mol. The highest BCUT2D eigenvalue weighted by Gasteiger charge is 2.25. The van der Waals surface area contributed by atoms with Gasteiger partial charge in [-0.2, -0.15) is 0 Å². The molecule has 2 atom stereocenters. The van der Waals surface area contributed by atoms with Crippen LogP contribution in [-0.2, 0) is 17.7 Å². The number of imidazole rings is 1. The number of hydrogen-bond donors (Lipinski definition) is 0. The van der Waals surface area contributed by atoms with Crippen LogP contribution in [0.4, 0.5) is 0 Å². The smallest absolute Gasteiger partial charge is 0.159 e. The molecule has 0 radical (unpaired) electrons. The van der Waals surface area contributed by atoms with Crippen molar-refractivity contribution in [1.29, 1.82) is 0 Å². The number of ether oxygens (including phenoxy) is 1. The predicted octanol–water partition coefficient (Wildman–Crippen LogP) is 2.49. The molecule has 2 unspecified atom stereocenters. The van der Waals surface area contributed by atoms with Crippen LogP contribution in [0.1, 0.15) is 32.0 Å². The van der Waals surface area contributed by atoms with Crippen molar-refractivity contribution in [2.24, 2.45) is 5.92 Å². The Morgan fingerprint density at radius 2 is 2.30 bits per heavy atom. The molecule has 0 N–H and O–H groups in total. The van der Waals surface area contributed by atoms with Crippen molar-refractivity contribution in [3.05, 3.63) is 24.2 Å². The van der Waals surface area contributed by atoms with Crippen LogP contribution in [0.3, 0.4) is 0 Å². The topological polar surface area (TPSA) is 43.2 Å². The summed E-state index contributed by atoms with van der Waals surface area (Å²) in [4.78, 5) is 12.0. The number of pyridine rings is 1. The highest BCUT2D eigenvalue weighted by Crippen LogP contribution is 2.24. The molecule has 2 saturated heterocycles. The molecule has 0 spiro atoms. The molecular weight excluding hydrogens is 288 g/mol. The van der Waals surface area contributed by atoms with Crippen molar-refractivity contribution in [2.75, 3.05) is 26.2 Å². The van der Waals surface area contributed by atoms with E-state index in [1.165, 1.54) is 25.9 Å². The van der Waals surface area contributed by atoms with E-state index >= 15 is 0 Å². The Balaban J connectivity index is 1.60. The fourth-order valence-electron chi connectivity index (χ4n) is 3.97. The first kappa shape index (κ1) is 15.1. The summed E-state index contributed by atoms with van der Waals surface area (Å²) in [5, 5.41) is 0. The van der Waals surface area contributed by atoms with Gasteiger partial charge in [0.2, 0.25) is 0 Å². The molecule has 2 aliphatic heterocycles. The standard InChI is InChI=1S/C18H26N4O/c1-2-21-9-7-14(12-21)13-22-17(11-15-5-4-10-23-15)20-16-6-3-8-19-18(16)22/h3,6,8,14-15H,2,4-5,7,9-13H2,1H3. The Bertz CT molecular complexity index is 662. The van der Waals surface area contributed by atoms with Gasteiger partial charge in [0, 0.05) is 32.3 Å². The predicted molar refractivity (Wildman–Crippen MR) is 90.4 cm³/mol. The van der Waals surface area contributed by atoms with Crippen LogP contribution in [0.2, 0.25) is 0 Å². The fraction of sp³-hybridized carbons (Fsp3) is 0.667. The van der Waals surface area contributed by atoms with Gasteiger partial charge in [-0.1, -0.05) is 6.92 Å². The zero-order valence-electron chi connectivity index (χ0n) is 13.9. The molecule has 0 bridgehead atoms. The normalized spacial score (nSPS) is 25.6. The van der Waals surface area contributed by atoms with Crippen molar-refractivity contribution in [3.63, 3.8) is 0 Å². The van der Waals surface area contributed by atoms with Crippen LogP contribution < -0.4 is 0 Å². The van der Waals surface area contributed by atoms with E-state index in [-0.39, 0.29) is 0 Å². The molecular formula is C18H26N4O. The van der Waals surface area contributed by atoms with Crippen molar-refractivity contribution >= 4 is 11.2 Å². The number of fused-ring (bicyclic) bond motifs is 1. The Kier molecular flexibility index (Phi) is 4.31. The van der Waals surface area contributed by atoms with E-state index in [1.54, 1.807) is 0 Å². The molecule has 2 aromatic heterocycles. The van der Waals surface area contributed by atoms with E-state index in [9.17, 15) is 0 Å². The summed E-state index contributed by atoms with van der Waals surface area (Å²) < 4.78 is 8.19. The molecule has 2 aromatic rings. The highest BCUT2D eigenvalue weighted by molar-refractivity contribution is 5.71. The summed E-state index contributed by atoms with van der Waals surface area (Å²) in [7, 11) is 0. The lowest BCUT2D eigenvalue weighted by Gasteiger charge is -2.16. The van der Waals surface area contributed by atoms with Gasteiger partial charge in [0.25, 0.3) is 0 Å². The lowest BCUT2D eigenvalue weighted by Crippen LogP contribution is -2.22. The molecule has 4 heterocycles. The van der Waals surface area contributed by atoms with Crippen molar-refractivity contribution in [3.8, 4) is 0 Å². The van der Waals surface area contributed by atoms with Crippen molar-refractivity contribution in [2.45, 2.75) is 45.3 Å². The van der Waals surface area contributed by atoms with E-state index in [0.29, 0.717) is 12.0 Å². The maximum atomic E-state index is 5.83. The molecule has 5 heteroatoms. The van der Waals surface area contributed by atoms with Gasteiger partial charge < -0.3 is 14.2 Å². The van der Waals surface area contributed by atoms with E-state index in [1.807, 2.05) is 12.3 Å². The van der Waals surface area contributed by atoms with Crippen LogP contribution in [0.5, 0.6) is 0 Å². The van der Waals surface area contributed by atoms with Crippen molar-refractivity contribution < 1.29 is 4.74 Å². The molecule has 124 valence electrons. The zero-order valence-corrected chi connectivity index (χ0v) is 13.9. The molecule has 2 fully saturated rings. The summed E-state index contributed by atoms with van der Waals surface area (Å²) >= 11 is 0. The lowest BCUT2D eigenvalue weighted by molar-refractivity contribution is 0.109. The number of hydrogen-bond acceptors (Lipinski definition) is 4. The molecule has 0 amide bonds. The van der Waals surface area contributed by atoms with Gasteiger partial charge in [0.1, 0.15) is 11.3 Å². The van der Waals surface area contributed by atoms with Gasteiger partial charge in [-0.25, -0.2) is 9.97 Å².